The van der Waals surface area contributed by atoms with Gasteiger partial charge in [-0.15, -0.1) is 12.4 Å². The van der Waals surface area contributed by atoms with Crippen molar-refractivity contribution in [3.05, 3.63) is 35.9 Å². The Morgan fingerprint density at radius 3 is 2.50 bits per heavy atom. The number of hydrogen-bond donors (Lipinski definition) is 2. The van der Waals surface area contributed by atoms with Gasteiger partial charge in [0.05, 0.1) is 5.92 Å². The van der Waals surface area contributed by atoms with E-state index in [2.05, 4.69) is 19.2 Å². The maximum Gasteiger partial charge on any atom is 0.224 e. The van der Waals surface area contributed by atoms with Gasteiger partial charge in [-0.25, -0.2) is 0 Å². The van der Waals surface area contributed by atoms with Crippen molar-refractivity contribution >= 4 is 18.3 Å². The predicted molar refractivity (Wildman–Crippen MR) is 93.9 cm³/mol. The van der Waals surface area contributed by atoms with E-state index in [1.165, 1.54) is 12.8 Å². The fourth-order valence-electron chi connectivity index (χ4n) is 3.23. The maximum atomic E-state index is 12.5. The minimum absolute atomic E-state index is 0. The Morgan fingerprint density at radius 2 is 1.86 bits per heavy atom. The second-order valence-corrected chi connectivity index (χ2v) is 6.61. The van der Waals surface area contributed by atoms with E-state index in [1.807, 2.05) is 37.3 Å². The van der Waals surface area contributed by atoms with E-state index in [0.29, 0.717) is 17.9 Å². The first-order valence-electron chi connectivity index (χ1n) is 8.11. The Bertz CT molecular complexity index is 465. The van der Waals surface area contributed by atoms with Crippen LogP contribution in [0.25, 0.3) is 0 Å². The fraction of sp³-hybridized carbons (Fsp3) is 0.611. The van der Waals surface area contributed by atoms with Crippen molar-refractivity contribution in [2.24, 2.45) is 23.5 Å². The standard InChI is InChI=1S/C18H28N2O.ClH/c1-12-8-7-11-16(13(12)2)20-18(21)14(3)17(19)15-9-5-4-6-10-15;/h4-6,9-10,12-14,16-17H,7-8,11,19H2,1-3H3,(H,20,21);1H. The zero-order valence-corrected chi connectivity index (χ0v) is 14.6. The molecule has 0 aliphatic heterocycles. The second kappa shape index (κ2) is 8.54. The molecule has 3 nitrogen and oxygen atoms in total. The van der Waals surface area contributed by atoms with Crippen LogP contribution < -0.4 is 11.1 Å². The topological polar surface area (TPSA) is 55.1 Å². The van der Waals surface area contributed by atoms with Gasteiger partial charge in [-0.05, 0) is 23.8 Å². The van der Waals surface area contributed by atoms with Gasteiger partial charge in [0.25, 0.3) is 0 Å². The summed E-state index contributed by atoms with van der Waals surface area (Å²) in [4.78, 5) is 12.5. The lowest BCUT2D eigenvalue weighted by Crippen LogP contribution is -2.47. The van der Waals surface area contributed by atoms with Gasteiger partial charge in [0, 0.05) is 12.1 Å². The average Bonchev–Trinajstić information content (AvgIpc) is 2.51. The van der Waals surface area contributed by atoms with Crippen molar-refractivity contribution < 1.29 is 4.79 Å². The maximum absolute atomic E-state index is 12.5. The van der Waals surface area contributed by atoms with E-state index in [-0.39, 0.29) is 30.3 Å². The first kappa shape index (κ1) is 19.0. The van der Waals surface area contributed by atoms with Crippen molar-refractivity contribution in [3.63, 3.8) is 0 Å². The number of halogens is 1. The minimum atomic E-state index is -0.248. The summed E-state index contributed by atoms with van der Waals surface area (Å²) < 4.78 is 0. The number of nitrogens with one attached hydrogen (secondary N) is 1. The molecule has 124 valence electrons. The van der Waals surface area contributed by atoms with Crippen LogP contribution in [0.15, 0.2) is 30.3 Å². The van der Waals surface area contributed by atoms with Crippen LogP contribution in [-0.4, -0.2) is 11.9 Å². The summed E-state index contributed by atoms with van der Waals surface area (Å²) in [6.07, 6.45) is 3.56. The molecule has 1 aliphatic rings. The Hall–Kier alpha value is -1.06. The SMILES string of the molecule is CC1CCCC(NC(=O)C(C)C(N)c2ccccc2)C1C.Cl. The summed E-state index contributed by atoms with van der Waals surface area (Å²) in [6, 6.07) is 9.91. The monoisotopic (exact) mass is 324 g/mol. The predicted octanol–water partition coefficient (Wildman–Crippen LogP) is 3.69. The highest BCUT2D eigenvalue weighted by atomic mass is 35.5. The molecule has 2 rings (SSSR count). The highest BCUT2D eigenvalue weighted by molar-refractivity contribution is 5.85. The van der Waals surface area contributed by atoms with Crippen LogP contribution in [0, 0.1) is 17.8 Å². The molecule has 1 fully saturated rings. The molecule has 1 saturated carbocycles. The van der Waals surface area contributed by atoms with Crippen LogP contribution in [0.5, 0.6) is 0 Å². The number of rotatable bonds is 4. The van der Waals surface area contributed by atoms with Gasteiger partial charge in [-0.3, -0.25) is 4.79 Å². The van der Waals surface area contributed by atoms with Crippen molar-refractivity contribution in [1.29, 1.82) is 0 Å². The molecule has 22 heavy (non-hydrogen) atoms. The molecule has 0 bridgehead atoms. The molecule has 1 amide bonds. The average molecular weight is 325 g/mol. The number of nitrogens with two attached hydrogens (primary N) is 1. The minimum Gasteiger partial charge on any atom is -0.353 e. The van der Waals surface area contributed by atoms with Crippen LogP contribution in [0.1, 0.15) is 51.6 Å². The van der Waals surface area contributed by atoms with E-state index >= 15 is 0 Å². The van der Waals surface area contributed by atoms with Crippen molar-refractivity contribution in [3.8, 4) is 0 Å². The van der Waals surface area contributed by atoms with E-state index in [9.17, 15) is 4.79 Å². The third kappa shape index (κ3) is 4.47. The summed E-state index contributed by atoms with van der Waals surface area (Å²) in [7, 11) is 0. The lowest BCUT2D eigenvalue weighted by atomic mass is 9.78. The molecule has 1 aliphatic carbocycles. The zero-order valence-electron chi connectivity index (χ0n) is 13.8. The third-order valence-electron chi connectivity index (χ3n) is 5.17. The lowest BCUT2D eigenvalue weighted by molar-refractivity contribution is -0.126. The molecule has 0 radical (unpaired) electrons. The first-order chi connectivity index (χ1) is 10.0. The number of benzene rings is 1. The van der Waals surface area contributed by atoms with E-state index in [4.69, 9.17) is 5.73 Å². The lowest BCUT2D eigenvalue weighted by Gasteiger charge is -2.35. The van der Waals surface area contributed by atoms with Gasteiger partial charge in [0.15, 0.2) is 0 Å². The number of carbonyl (C=O) groups is 1. The molecular weight excluding hydrogens is 296 g/mol. The summed E-state index contributed by atoms with van der Waals surface area (Å²) in [5.74, 6) is 1.10. The van der Waals surface area contributed by atoms with Crippen LogP contribution in [0.2, 0.25) is 0 Å². The molecule has 4 heteroatoms. The van der Waals surface area contributed by atoms with Crippen molar-refractivity contribution in [1.82, 2.24) is 5.32 Å². The zero-order chi connectivity index (χ0) is 15.4. The molecule has 1 aromatic rings. The van der Waals surface area contributed by atoms with Gasteiger partial charge < -0.3 is 11.1 Å². The van der Waals surface area contributed by atoms with Crippen LogP contribution >= 0.6 is 12.4 Å². The van der Waals surface area contributed by atoms with Crippen LogP contribution in [0.4, 0.5) is 0 Å². The summed E-state index contributed by atoms with van der Waals surface area (Å²) in [5.41, 5.74) is 7.26. The Labute approximate surface area is 140 Å². The number of carbonyl (C=O) groups excluding carboxylic acids is 1. The Kier molecular flexibility index (Phi) is 7.37. The molecule has 5 atom stereocenters. The normalized spacial score (nSPS) is 27.4. The number of amides is 1. The highest BCUT2D eigenvalue weighted by Crippen LogP contribution is 2.30. The summed E-state index contributed by atoms with van der Waals surface area (Å²) >= 11 is 0. The summed E-state index contributed by atoms with van der Waals surface area (Å²) in [6.45, 7) is 6.45. The van der Waals surface area contributed by atoms with E-state index in [1.54, 1.807) is 0 Å². The van der Waals surface area contributed by atoms with Gasteiger partial charge in [0.2, 0.25) is 5.91 Å². The number of hydrogen-bond acceptors (Lipinski definition) is 2. The highest BCUT2D eigenvalue weighted by Gasteiger charge is 2.30. The van der Waals surface area contributed by atoms with Gasteiger partial charge >= 0.3 is 0 Å². The quantitative estimate of drug-likeness (QED) is 0.887. The van der Waals surface area contributed by atoms with Gasteiger partial charge in [-0.1, -0.05) is 63.9 Å². The van der Waals surface area contributed by atoms with Gasteiger partial charge in [0.1, 0.15) is 0 Å². The largest absolute Gasteiger partial charge is 0.353 e. The van der Waals surface area contributed by atoms with Crippen molar-refractivity contribution in [2.75, 3.05) is 0 Å². The Morgan fingerprint density at radius 1 is 1.23 bits per heavy atom. The smallest absolute Gasteiger partial charge is 0.224 e. The molecule has 0 saturated heterocycles. The third-order valence-corrected chi connectivity index (χ3v) is 5.17. The van der Waals surface area contributed by atoms with Crippen LogP contribution in [0.3, 0.4) is 0 Å². The van der Waals surface area contributed by atoms with E-state index in [0.717, 1.165) is 12.0 Å². The fourth-order valence-corrected chi connectivity index (χ4v) is 3.23. The molecule has 3 N–H and O–H groups in total. The Balaban J connectivity index is 0.00000242. The molecule has 0 spiro atoms. The molecule has 5 unspecified atom stereocenters. The van der Waals surface area contributed by atoms with Crippen LogP contribution in [-0.2, 0) is 4.79 Å². The van der Waals surface area contributed by atoms with Gasteiger partial charge in [-0.2, -0.15) is 0 Å². The van der Waals surface area contributed by atoms with E-state index < -0.39 is 0 Å². The molecular formula is C18H29ClN2O. The summed E-state index contributed by atoms with van der Waals surface area (Å²) in [5, 5.41) is 3.23. The van der Waals surface area contributed by atoms with Crippen molar-refractivity contribution in [2.45, 2.75) is 52.1 Å². The molecule has 0 aromatic heterocycles. The molecule has 1 aromatic carbocycles. The molecule has 0 heterocycles. The second-order valence-electron chi connectivity index (χ2n) is 6.61. The first-order valence-corrected chi connectivity index (χ1v) is 8.11.